The lowest BCUT2D eigenvalue weighted by Crippen LogP contribution is -2.30. The van der Waals surface area contributed by atoms with Crippen LogP contribution in [0.3, 0.4) is 0 Å². The van der Waals surface area contributed by atoms with E-state index in [2.05, 4.69) is 25.9 Å². The van der Waals surface area contributed by atoms with Crippen LogP contribution in [0.15, 0.2) is 52.0 Å². The van der Waals surface area contributed by atoms with Crippen LogP contribution in [0.25, 0.3) is 22.6 Å². The van der Waals surface area contributed by atoms with Crippen LogP contribution < -0.4 is 0 Å². The van der Waals surface area contributed by atoms with E-state index in [1.165, 1.54) is 24.4 Å². The van der Waals surface area contributed by atoms with Crippen LogP contribution in [0, 0.1) is 5.82 Å². The first-order chi connectivity index (χ1) is 14.2. The van der Waals surface area contributed by atoms with Gasteiger partial charge in [-0.1, -0.05) is 17.7 Å². The molecule has 3 aromatic rings. The molecule has 1 saturated heterocycles. The lowest BCUT2D eigenvalue weighted by Gasteiger charge is -2.17. The zero-order valence-electron chi connectivity index (χ0n) is 15.3. The lowest BCUT2D eigenvalue weighted by molar-refractivity contribution is 0.0572. The summed E-state index contributed by atoms with van der Waals surface area (Å²) in [5.74, 6) is -0.0403. The molecule has 1 aromatic heterocycles. The molecule has 0 bridgehead atoms. The number of hydrogen-bond donors (Lipinski definition) is 3. The first kappa shape index (κ1) is 21.4. The number of imidazole rings is 1. The van der Waals surface area contributed by atoms with Crippen molar-refractivity contribution in [1.82, 2.24) is 14.3 Å². The zero-order chi connectivity index (χ0) is 21.6. The third kappa shape index (κ3) is 3.91. The molecule has 30 heavy (non-hydrogen) atoms. The fourth-order valence-electron chi connectivity index (χ4n) is 3.20. The molecule has 2 aromatic carbocycles. The fraction of sp³-hybridized carbons (Fsp3) is 0.211. The molecule has 0 spiro atoms. The molecule has 0 aliphatic carbocycles. The summed E-state index contributed by atoms with van der Waals surface area (Å²) in [6.45, 7) is -0.436. The van der Waals surface area contributed by atoms with Gasteiger partial charge in [0.25, 0.3) is 0 Å². The number of aromatic nitrogens is 2. The summed E-state index contributed by atoms with van der Waals surface area (Å²) in [6.07, 6.45) is -0.783. The van der Waals surface area contributed by atoms with E-state index in [4.69, 9.17) is 11.6 Å². The molecule has 3 N–H and O–H groups in total. The van der Waals surface area contributed by atoms with Gasteiger partial charge in [0.1, 0.15) is 16.5 Å². The van der Waals surface area contributed by atoms with Gasteiger partial charge in [-0.05, 0) is 46.3 Å². The molecular weight excluding hydrogens is 501 g/mol. The molecule has 158 valence electrons. The summed E-state index contributed by atoms with van der Waals surface area (Å²) in [7, 11) is -4.04. The van der Waals surface area contributed by atoms with Gasteiger partial charge >= 0.3 is 0 Å². The Labute approximate surface area is 185 Å². The number of nitrogens with zero attached hydrogens (tertiary/aromatic N) is 2. The third-order valence-corrected chi connectivity index (χ3v) is 7.81. The SMILES string of the molecule is O=S(=O)(c1cc(-c2ncc(-c3ccc(Br)c(F)c3)[nH]2)ccc1Cl)N1C[C@@H](O)[C@@H](O)C1. The van der Waals surface area contributed by atoms with Crippen molar-refractivity contribution >= 4 is 37.6 Å². The number of benzene rings is 2. The predicted molar refractivity (Wildman–Crippen MR) is 113 cm³/mol. The molecule has 0 amide bonds. The number of aromatic amines is 1. The molecule has 11 heteroatoms. The highest BCUT2D eigenvalue weighted by Crippen LogP contribution is 2.32. The van der Waals surface area contributed by atoms with E-state index < -0.39 is 28.0 Å². The normalized spacial score (nSPS) is 20.0. The fourth-order valence-corrected chi connectivity index (χ4v) is 5.42. The summed E-state index contributed by atoms with van der Waals surface area (Å²) in [6, 6.07) is 9.07. The van der Waals surface area contributed by atoms with E-state index >= 15 is 0 Å². The molecule has 4 rings (SSSR count). The monoisotopic (exact) mass is 515 g/mol. The highest BCUT2D eigenvalue weighted by Gasteiger charge is 2.38. The van der Waals surface area contributed by atoms with Crippen molar-refractivity contribution in [2.45, 2.75) is 17.1 Å². The van der Waals surface area contributed by atoms with Crippen LogP contribution in [-0.4, -0.2) is 58.2 Å². The van der Waals surface area contributed by atoms with Gasteiger partial charge in [0, 0.05) is 24.2 Å². The molecule has 2 atom stereocenters. The largest absolute Gasteiger partial charge is 0.389 e. The smallest absolute Gasteiger partial charge is 0.244 e. The van der Waals surface area contributed by atoms with Crippen LogP contribution in [0.5, 0.6) is 0 Å². The van der Waals surface area contributed by atoms with Gasteiger partial charge in [-0.2, -0.15) is 4.31 Å². The maximum Gasteiger partial charge on any atom is 0.244 e. The number of sulfonamides is 1. The van der Waals surface area contributed by atoms with E-state index in [9.17, 15) is 23.0 Å². The summed E-state index contributed by atoms with van der Waals surface area (Å²) < 4.78 is 41.1. The molecule has 0 saturated carbocycles. The summed E-state index contributed by atoms with van der Waals surface area (Å²) >= 11 is 9.25. The number of nitrogens with one attached hydrogen (secondary N) is 1. The number of rotatable bonds is 4. The Balaban J connectivity index is 1.69. The molecule has 0 unspecified atom stereocenters. The van der Waals surface area contributed by atoms with Crippen molar-refractivity contribution in [2.75, 3.05) is 13.1 Å². The van der Waals surface area contributed by atoms with Gasteiger partial charge in [0.15, 0.2) is 0 Å². The average molecular weight is 517 g/mol. The van der Waals surface area contributed by atoms with Gasteiger partial charge in [-0.3, -0.25) is 0 Å². The zero-order valence-corrected chi connectivity index (χ0v) is 18.4. The summed E-state index contributed by atoms with van der Waals surface area (Å²) in [5, 5.41) is 19.4. The second-order valence-electron chi connectivity index (χ2n) is 6.88. The highest BCUT2D eigenvalue weighted by atomic mass is 79.9. The lowest BCUT2D eigenvalue weighted by atomic mass is 10.2. The maximum absolute atomic E-state index is 13.8. The molecule has 7 nitrogen and oxygen atoms in total. The minimum atomic E-state index is -4.04. The van der Waals surface area contributed by atoms with Crippen LogP contribution in [-0.2, 0) is 10.0 Å². The van der Waals surface area contributed by atoms with Crippen LogP contribution >= 0.6 is 27.5 Å². The van der Waals surface area contributed by atoms with Crippen LogP contribution in [0.2, 0.25) is 5.02 Å². The molecule has 0 radical (unpaired) electrons. The van der Waals surface area contributed by atoms with Gasteiger partial charge < -0.3 is 15.2 Å². The number of halogens is 3. The van der Waals surface area contributed by atoms with E-state index in [0.29, 0.717) is 27.1 Å². The number of aliphatic hydroxyl groups excluding tert-OH is 2. The Bertz CT molecular complexity index is 1210. The van der Waals surface area contributed by atoms with Gasteiger partial charge in [0.2, 0.25) is 10.0 Å². The maximum atomic E-state index is 13.8. The van der Waals surface area contributed by atoms with Crippen molar-refractivity contribution < 1.29 is 23.0 Å². The second kappa shape index (κ2) is 8.03. The number of β-amino-alcohol motifs (C(OH)–C–C–N with tert-alkyl or cyclic N) is 2. The summed E-state index contributed by atoms with van der Waals surface area (Å²) in [4.78, 5) is 7.16. The van der Waals surface area contributed by atoms with E-state index in [1.807, 2.05) is 0 Å². The van der Waals surface area contributed by atoms with Gasteiger partial charge in [0.05, 0.1) is 33.6 Å². The van der Waals surface area contributed by atoms with Crippen LogP contribution in [0.4, 0.5) is 4.39 Å². The minimum absolute atomic E-state index is 0.0105. The quantitative estimate of drug-likeness (QED) is 0.494. The summed E-state index contributed by atoms with van der Waals surface area (Å²) in [5.41, 5.74) is 1.60. The number of hydrogen-bond acceptors (Lipinski definition) is 5. The molecule has 1 aliphatic rings. The molecular formula is C19H16BrClFN3O4S. The standard InChI is InChI=1S/C19H16BrClFN3O4S/c20-12-3-1-10(5-14(12)22)15-7-23-19(24-15)11-2-4-13(21)18(6-11)30(28,29)25-8-16(26)17(27)9-25/h1-7,16-17,26-27H,8-9H2,(H,23,24)/t16-,17+. The molecule has 1 aliphatic heterocycles. The minimum Gasteiger partial charge on any atom is -0.389 e. The van der Waals surface area contributed by atoms with Crippen LogP contribution in [0.1, 0.15) is 0 Å². The Morgan fingerprint density at radius 3 is 2.47 bits per heavy atom. The Kier molecular flexibility index (Phi) is 5.73. The molecule has 2 heterocycles. The van der Waals surface area contributed by atoms with Gasteiger partial charge in [-0.15, -0.1) is 0 Å². The topological polar surface area (TPSA) is 107 Å². The predicted octanol–water partition coefficient (Wildman–Crippen LogP) is 3.02. The second-order valence-corrected chi connectivity index (χ2v) is 10.0. The van der Waals surface area contributed by atoms with Crippen molar-refractivity contribution in [2.24, 2.45) is 0 Å². The Morgan fingerprint density at radius 2 is 1.80 bits per heavy atom. The average Bonchev–Trinajstić information content (AvgIpc) is 3.32. The van der Waals surface area contributed by atoms with E-state index in [0.717, 1.165) is 4.31 Å². The molecule has 1 fully saturated rings. The first-order valence-corrected chi connectivity index (χ1v) is 11.4. The number of H-pyrrole nitrogens is 1. The van der Waals surface area contributed by atoms with E-state index in [1.54, 1.807) is 18.2 Å². The Morgan fingerprint density at radius 1 is 1.13 bits per heavy atom. The first-order valence-electron chi connectivity index (χ1n) is 8.83. The van der Waals surface area contributed by atoms with Crippen molar-refractivity contribution in [3.05, 3.63) is 57.9 Å². The van der Waals surface area contributed by atoms with Crippen molar-refractivity contribution in [3.8, 4) is 22.6 Å². The van der Waals surface area contributed by atoms with Crippen molar-refractivity contribution in [3.63, 3.8) is 0 Å². The number of aliphatic hydroxyl groups is 2. The Hall–Kier alpha value is -1.82. The van der Waals surface area contributed by atoms with Crippen molar-refractivity contribution in [1.29, 1.82) is 0 Å². The van der Waals surface area contributed by atoms with E-state index in [-0.39, 0.29) is 23.0 Å². The third-order valence-electron chi connectivity index (χ3n) is 4.85. The van der Waals surface area contributed by atoms with Gasteiger partial charge in [-0.25, -0.2) is 17.8 Å². The highest BCUT2D eigenvalue weighted by molar-refractivity contribution is 9.10.